The molecule has 0 unspecified atom stereocenters. The third-order valence-electron chi connectivity index (χ3n) is 14.3. The molecule has 5 aliphatic rings. The number of hydrogen-bond donors (Lipinski definition) is 0. The van der Waals surface area contributed by atoms with Crippen molar-refractivity contribution in [2.75, 3.05) is 0 Å². The Morgan fingerprint density at radius 2 is 0.944 bits per heavy atom. The molecular formula is C52H38S2. The van der Waals surface area contributed by atoms with E-state index in [1.807, 2.05) is 22.7 Å². The molecule has 4 bridgehead atoms. The van der Waals surface area contributed by atoms with Gasteiger partial charge in [0.2, 0.25) is 0 Å². The first-order valence-corrected chi connectivity index (χ1v) is 21.6. The van der Waals surface area contributed by atoms with Crippen LogP contribution in [-0.4, -0.2) is 0 Å². The molecule has 0 saturated heterocycles. The van der Waals surface area contributed by atoms with E-state index in [-0.39, 0.29) is 5.41 Å². The highest BCUT2D eigenvalue weighted by molar-refractivity contribution is 7.26. The zero-order valence-electron chi connectivity index (χ0n) is 30.0. The van der Waals surface area contributed by atoms with Gasteiger partial charge in [-0.1, -0.05) is 121 Å². The molecule has 0 amide bonds. The van der Waals surface area contributed by atoms with Crippen LogP contribution in [0.25, 0.3) is 84.9 Å². The Kier molecular flexibility index (Phi) is 6.19. The van der Waals surface area contributed by atoms with Crippen LogP contribution in [0.1, 0.15) is 43.2 Å². The lowest BCUT2D eigenvalue weighted by molar-refractivity contribution is -0.0399. The monoisotopic (exact) mass is 726 g/mol. The average Bonchev–Trinajstić information content (AvgIpc) is 3.88. The lowest BCUT2D eigenvalue weighted by Gasteiger charge is -2.61. The smallest absolute Gasteiger partial charge is 0.0361 e. The fraction of sp³-hybridized carbons (Fsp3) is 0.192. The number of thiophene rings is 2. The molecule has 54 heavy (non-hydrogen) atoms. The Morgan fingerprint density at radius 3 is 1.76 bits per heavy atom. The summed E-state index contributed by atoms with van der Waals surface area (Å²) in [6.45, 7) is 0. The Hall–Kier alpha value is -5.02. The third-order valence-corrected chi connectivity index (χ3v) is 16.6. The van der Waals surface area contributed by atoms with Crippen LogP contribution in [-0.2, 0) is 5.41 Å². The van der Waals surface area contributed by atoms with Crippen molar-refractivity contribution in [2.45, 2.75) is 37.5 Å². The summed E-state index contributed by atoms with van der Waals surface area (Å²) in [5.41, 5.74) is 14.4. The van der Waals surface area contributed by atoms with Crippen molar-refractivity contribution in [2.24, 2.45) is 23.7 Å². The first-order chi connectivity index (χ1) is 26.7. The Bertz CT molecular complexity index is 2980. The maximum Gasteiger partial charge on any atom is 0.0361 e. The fourth-order valence-corrected chi connectivity index (χ4v) is 14.8. The third kappa shape index (κ3) is 3.98. The fourth-order valence-electron chi connectivity index (χ4n) is 12.5. The number of rotatable bonds is 3. The van der Waals surface area contributed by atoms with Crippen LogP contribution in [0.3, 0.4) is 0 Å². The Labute approximate surface area is 323 Å². The van der Waals surface area contributed by atoms with Crippen molar-refractivity contribution in [1.82, 2.24) is 0 Å². The lowest BCUT2D eigenvalue weighted by atomic mass is 9.43. The quantitative estimate of drug-likeness (QED) is 0.170. The molecule has 2 heteroatoms. The molecule has 2 heterocycles. The summed E-state index contributed by atoms with van der Waals surface area (Å²) in [7, 11) is 0. The summed E-state index contributed by atoms with van der Waals surface area (Å²) in [4.78, 5) is 0. The van der Waals surface area contributed by atoms with Crippen LogP contribution < -0.4 is 0 Å². The van der Waals surface area contributed by atoms with E-state index in [0.717, 1.165) is 23.7 Å². The molecule has 2 aromatic heterocycles. The highest BCUT2D eigenvalue weighted by Crippen LogP contribution is 2.70. The van der Waals surface area contributed by atoms with Crippen LogP contribution in [0.2, 0.25) is 0 Å². The van der Waals surface area contributed by atoms with E-state index in [1.54, 1.807) is 11.1 Å². The maximum absolute atomic E-state index is 2.54. The number of benzene rings is 7. The van der Waals surface area contributed by atoms with E-state index in [4.69, 9.17) is 0 Å². The van der Waals surface area contributed by atoms with Gasteiger partial charge in [0.15, 0.2) is 0 Å². The summed E-state index contributed by atoms with van der Waals surface area (Å²) < 4.78 is 5.44. The van der Waals surface area contributed by atoms with Gasteiger partial charge >= 0.3 is 0 Å². The summed E-state index contributed by atoms with van der Waals surface area (Å²) in [5, 5.41) is 5.50. The predicted octanol–water partition coefficient (Wildman–Crippen LogP) is 15.1. The first kappa shape index (κ1) is 30.3. The molecule has 14 rings (SSSR count). The Morgan fingerprint density at radius 1 is 0.389 bits per heavy atom. The topological polar surface area (TPSA) is 0 Å². The maximum atomic E-state index is 2.54. The second kappa shape index (κ2) is 11.0. The van der Waals surface area contributed by atoms with E-state index in [1.165, 1.54) is 117 Å². The minimum atomic E-state index is 0.175. The van der Waals surface area contributed by atoms with Gasteiger partial charge < -0.3 is 0 Å². The van der Waals surface area contributed by atoms with Gasteiger partial charge in [-0.05, 0) is 136 Å². The zero-order valence-corrected chi connectivity index (χ0v) is 31.7. The number of fused-ring (bicyclic) bond motifs is 9. The summed E-state index contributed by atoms with van der Waals surface area (Å²) >= 11 is 3.83. The van der Waals surface area contributed by atoms with Gasteiger partial charge in [0.25, 0.3) is 0 Å². The molecule has 5 aliphatic carbocycles. The lowest BCUT2D eigenvalue weighted by Crippen LogP contribution is -2.55. The summed E-state index contributed by atoms with van der Waals surface area (Å²) in [5.74, 6) is 3.43. The predicted molar refractivity (Wildman–Crippen MR) is 232 cm³/mol. The molecule has 7 aromatic carbocycles. The molecule has 4 saturated carbocycles. The second-order valence-electron chi connectivity index (χ2n) is 16.8. The minimum absolute atomic E-state index is 0.175. The normalized spacial score (nSPS) is 23.6. The highest BCUT2D eigenvalue weighted by atomic mass is 32.1. The van der Waals surface area contributed by atoms with Gasteiger partial charge in [0.1, 0.15) is 0 Å². The van der Waals surface area contributed by atoms with E-state index in [0.29, 0.717) is 0 Å². The minimum Gasteiger partial charge on any atom is -0.135 e. The average molecular weight is 727 g/mol. The highest BCUT2D eigenvalue weighted by Gasteiger charge is 2.61. The van der Waals surface area contributed by atoms with Gasteiger partial charge in [0.05, 0.1) is 0 Å². The Balaban J connectivity index is 0.973. The largest absolute Gasteiger partial charge is 0.135 e. The second-order valence-corrected chi connectivity index (χ2v) is 19.0. The molecule has 0 nitrogen and oxygen atoms in total. The van der Waals surface area contributed by atoms with Gasteiger partial charge in [-0.2, -0.15) is 0 Å². The molecule has 4 fully saturated rings. The van der Waals surface area contributed by atoms with Gasteiger partial charge in [0, 0.05) is 45.8 Å². The van der Waals surface area contributed by atoms with E-state index in [2.05, 4.69) is 146 Å². The van der Waals surface area contributed by atoms with E-state index in [9.17, 15) is 0 Å². The molecule has 0 aliphatic heterocycles. The van der Waals surface area contributed by atoms with Gasteiger partial charge in [-0.15, -0.1) is 22.7 Å². The zero-order chi connectivity index (χ0) is 35.1. The van der Waals surface area contributed by atoms with Crippen LogP contribution >= 0.6 is 22.7 Å². The molecule has 0 N–H and O–H groups in total. The van der Waals surface area contributed by atoms with Crippen LogP contribution in [0.15, 0.2) is 146 Å². The van der Waals surface area contributed by atoms with Crippen molar-refractivity contribution in [3.63, 3.8) is 0 Å². The van der Waals surface area contributed by atoms with Crippen molar-refractivity contribution in [3.8, 4) is 44.5 Å². The van der Waals surface area contributed by atoms with Crippen molar-refractivity contribution >= 4 is 63.0 Å². The summed E-state index contributed by atoms with van der Waals surface area (Å²) in [6, 6.07) is 56.0. The van der Waals surface area contributed by atoms with Gasteiger partial charge in [-0.3, -0.25) is 0 Å². The SMILES string of the molecule is c1ccc2c(c1)-c1c(-c3cccc4sc5cccc(-c6ccc(-c7ccc8c(c7)sc7ccccc78)cc6)c5c34)cccc1C21C2CC3CC(C2)CC1C3. The van der Waals surface area contributed by atoms with Crippen molar-refractivity contribution < 1.29 is 0 Å². The van der Waals surface area contributed by atoms with E-state index < -0.39 is 0 Å². The molecule has 9 aromatic rings. The first-order valence-electron chi connectivity index (χ1n) is 19.9. The van der Waals surface area contributed by atoms with Gasteiger partial charge in [-0.25, -0.2) is 0 Å². The van der Waals surface area contributed by atoms with Crippen LogP contribution in [0.4, 0.5) is 0 Å². The molecular weight excluding hydrogens is 689 g/mol. The summed E-state index contributed by atoms with van der Waals surface area (Å²) in [6.07, 6.45) is 7.14. The van der Waals surface area contributed by atoms with Crippen LogP contribution in [0.5, 0.6) is 0 Å². The van der Waals surface area contributed by atoms with Crippen molar-refractivity contribution in [3.05, 3.63) is 157 Å². The standard InChI is InChI=1S/C52H38S2/c1-3-13-43-42(9-1)49-40(11-5-14-44(49)52(43)35-25-30-24-31(27-35)28-36(52)26-30)41-12-7-17-47-51(41)50-37(10-6-16-46(50)54-47)33-20-18-32(19-21-33)34-22-23-39-38-8-2-4-15-45(38)53-48(39)29-34/h1-23,29-31,35-36H,24-28H2. The molecule has 258 valence electrons. The molecule has 0 atom stereocenters. The van der Waals surface area contributed by atoms with Crippen LogP contribution in [0, 0.1) is 23.7 Å². The molecule has 1 spiro atoms. The number of hydrogen-bond acceptors (Lipinski definition) is 2. The van der Waals surface area contributed by atoms with Crippen molar-refractivity contribution in [1.29, 1.82) is 0 Å². The van der Waals surface area contributed by atoms with E-state index >= 15 is 0 Å². The molecule has 0 radical (unpaired) electrons.